The quantitative estimate of drug-likeness (QED) is 0.337. The van der Waals surface area contributed by atoms with E-state index in [4.69, 9.17) is 16.3 Å². The van der Waals surface area contributed by atoms with Crippen LogP contribution in [-0.2, 0) is 22.0 Å². The number of hydrogen-bond acceptors (Lipinski definition) is 5. The Balaban J connectivity index is 1.22. The minimum absolute atomic E-state index is 0.0633. The van der Waals surface area contributed by atoms with Gasteiger partial charge in [-0.05, 0) is 86.8 Å². The molecule has 1 unspecified atom stereocenters. The highest BCUT2D eigenvalue weighted by Crippen LogP contribution is 2.42. The topological polar surface area (TPSA) is 63.5 Å². The molecule has 1 aromatic heterocycles. The molecule has 6 rings (SSSR count). The molecule has 3 aliphatic rings. The van der Waals surface area contributed by atoms with Crippen molar-refractivity contribution in [3.05, 3.63) is 81.4 Å². The number of halogens is 3. The smallest absolute Gasteiger partial charge is 0.227 e. The van der Waals surface area contributed by atoms with Crippen molar-refractivity contribution in [2.75, 3.05) is 39.4 Å². The van der Waals surface area contributed by atoms with E-state index in [9.17, 15) is 9.18 Å². The van der Waals surface area contributed by atoms with Crippen LogP contribution in [-0.4, -0.2) is 75.9 Å². The molecule has 0 saturated carbocycles. The van der Waals surface area contributed by atoms with Gasteiger partial charge in [0, 0.05) is 74.9 Å². The fourth-order valence-corrected chi connectivity index (χ4v) is 7.93. The van der Waals surface area contributed by atoms with Crippen molar-refractivity contribution in [1.29, 1.82) is 0 Å². The van der Waals surface area contributed by atoms with Crippen molar-refractivity contribution >= 4 is 17.5 Å². The van der Waals surface area contributed by atoms with Crippen LogP contribution in [0.2, 0.25) is 5.02 Å². The fourth-order valence-electron chi connectivity index (χ4n) is 7.75. The van der Waals surface area contributed by atoms with Gasteiger partial charge in [-0.1, -0.05) is 23.7 Å². The van der Waals surface area contributed by atoms with E-state index in [2.05, 4.69) is 41.0 Å². The fraction of sp³-hybridized carbons (Fsp3) is 0.559. The SMILES string of the molecule is Cc1cc(C(C)(C)c2ncnn2C)c(C2CCN(C(=O)C3CN(C4CCOCC4)C[C@H]3c3ccc(F)cc3F)CC2)cc1Cl. The van der Waals surface area contributed by atoms with Crippen molar-refractivity contribution in [2.45, 2.75) is 69.7 Å². The normalized spacial score (nSPS) is 22.6. The van der Waals surface area contributed by atoms with E-state index in [1.807, 2.05) is 23.6 Å². The van der Waals surface area contributed by atoms with Gasteiger partial charge < -0.3 is 9.64 Å². The molecular formula is C34H42ClF2N5O2. The Bertz CT molecular complexity index is 1510. The Morgan fingerprint density at radius 2 is 1.75 bits per heavy atom. The van der Waals surface area contributed by atoms with Crippen LogP contribution in [0.4, 0.5) is 8.78 Å². The van der Waals surface area contributed by atoms with Gasteiger partial charge in [-0.25, -0.2) is 13.8 Å². The lowest BCUT2D eigenvalue weighted by Crippen LogP contribution is -2.44. The third-order valence-corrected chi connectivity index (χ3v) is 10.7. The monoisotopic (exact) mass is 625 g/mol. The molecule has 0 spiro atoms. The molecule has 0 N–H and O–H groups in total. The first-order valence-electron chi connectivity index (χ1n) is 15.7. The predicted molar refractivity (Wildman–Crippen MR) is 166 cm³/mol. The minimum Gasteiger partial charge on any atom is -0.381 e. The molecule has 4 heterocycles. The second-order valence-corrected chi connectivity index (χ2v) is 13.7. The van der Waals surface area contributed by atoms with E-state index < -0.39 is 17.0 Å². The van der Waals surface area contributed by atoms with E-state index in [1.54, 1.807) is 6.33 Å². The molecule has 7 nitrogen and oxygen atoms in total. The molecule has 3 aliphatic heterocycles. The van der Waals surface area contributed by atoms with Crippen LogP contribution in [0.1, 0.15) is 79.4 Å². The summed E-state index contributed by atoms with van der Waals surface area (Å²) in [6.07, 6.45) is 4.99. The van der Waals surface area contributed by atoms with Crippen molar-refractivity contribution in [3.8, 4) is 0 Å². The van der Waals surface area contributed by atoms with Gasteiger partial charge in [0.25, 0.3) is 0 Å². The number of likely N-dealkylation sites (tertiary alicyclic amines) is 2. The molecule has 44 heavy (non-hydrogen) atoms. The maximum Gasteiger partial charge on any atom is 0.227 e. The summed E-state index contributed by atoms with van der Waals surface area (Å²) in [4.78, 5) is 23.1. The van der Waals surface area contributed by atoms with Gasteiger partial charge in [-0.3, -0.25) is 14.4 Å². The minimum atomic E-state index is -0.603. The summed E-state index contributed by atoms with van der Waals surface area (Å²) >= 11 is 6.69. The summed E-state index contributed by atoms with van der Waals surface area (Å²) in [7, 11) is 1.91. The molecule has 3 saturated heterocycles. The van der Waals surface area contributed by atoms with Crippen LogP contribution >= 0.6 is 11.6 Å². The van der Waals surface area contributed by atoms with Gasteiger partial charge in [-0.2, -0.15) is 5.10 Å². The number of piperidine rings is 1. The van der Waals surface area contributed by atoms with Crippen LogP contribution in [0, 0.1) is 24.5 Å². The van der Waals surface area contributed by atoms with Gasteiger partial charge in [-0.15, -0.1) is 0 Å². The number of hydrogen-bond donors (Lipinski definition) is 0. The summed E-state index contributed by atoms with van der Waals surface area (Å²) in [6.45, 7) is 10.1. The molecule has 10 heteroatoms. The lowest BCUT2D eigenvalue weighted by Gasteiger charge is -2.37. The van der Waals surface area contributed by atoms with Gasteiger partial charge in [0.1, 0.15) is 23.8 Å². The first kappa shape index (κ1) is 31.1. The summed E-state index contributed by atoms with van der Waals surface area (Å²) in [5.41, 5.74) is 3.42. The third-order valence-electron chi connectivity index (χ3n) is 10.3. The lowest BCUT2D eigenvalue weighted by molar-refractivity contribution is -0.136. The van der Waals surface area contributed by atoms with Crippen LogP contribution in [0.25, 0.3) is 0 Å². The Kier molecular flexibility index (Phi) is 8.83. The molecule has 0 bridgehead atoms. The first-order chi connectivity index (χ1) is 21.0. The zero-order valence-corrected chi connectivity index (χ0v) is 26.8. The van der Waals surface area contributed by atoms with Crippen LogP contribution < -0.4 is 0 Å². The van der Waals surface area contributed by atoms with Crippen molar-refractivity contribution in [1.82, 2.24) is 24.6 Å². The van der Waals surface area contributed by atoms with E-state index in [-0.39, 0.29) is 23.7 Å². The molecule has 3 aromatic rings. The highest BCUT2D eigenvalue weighted by Gasteiger charge is 2.44. The Labute approximate surface area is 263 Å². The third kappa shape index (κ3) is 5.90. The number of carbonyl (C=O) groups excluding carboxylic acids is 1. The van der Waals surface area contributed by atoms with E-state index in [1.165, 1.54) is 23.3 Å². The van der Waals surface area contributed by atoms with E-state index >= 15 is 4.39 Å². The largest absolute Gasteiger partial charge is 0.381 e. The second-order valence-electron chi connectivity index (χ2n) is 13.3. The highest BCUT2D eigenvalue weighted by molar-refractivity contribution is 6.31. The molecule has 0 aliphatic carbocycles. The zero-order valence-electron chi connectivity index (χ0n) is 26.0. The van der Waals surface area contributed by atoms with Crippen LogP contribution in [0.15, 0.2) is 36.7 Å². The zero-order chi connectivity index (χ0) is 31.2. The summed E-state index contributed by atoms with van der Waals surface area (Å²) in [6, 6.07) is 8.34. The van der Waals surface area contributed by atoms with Crippen molar-refractivity contribution < 1.29 is 18.3 Å². The average molecular weight is 626 g/mol. The van der Waals surface area contributed by atoms with Gasteiger partial charge in [0.2, 0.25) is 5.91 Å². The summed E-state index contributed by atoms with van der Waals surface area (Å²) in [5.74, 6) is -0.710. The highest BCUT2D eigenvalue weighted by atomic mass is 35.5. The number of rotatable bonds is 6. The van der Waals surface area contributed by atoms with Crippen LogP contribution in [0.3, 0.4) is 0 Å². The Hall–Kier alpha value is -2.88. The maximum atomic E-state index is 15.1. The van der Waals surface area contributed by atoms with Gasteiger partial charge in [0.15, 0.2) is 0 Å². The van der Waals surface area contributed by atoms with Gasteiger partial charge >= 0.3 is 0 Å². The number of nitrogens with zero attached hydrogens (tertiary/aromatic N) is 5. The predicted octanol–water partition coefficient (Wildman–Crippen LogP) is 5.98. The molecule has 3 fully saturated rings. The number of aromatic nitrogens is 3. The molecular weight excluding hydrogens is 584 g/mol. The summed E-state index contributed by atoms with van der Waals surface area (Å²) < 4.78 is 36.3. The number of benzene rings is 2. The molecule has 2 aromatic carbocycles. The first-order valence-corrected chi connectivity index (χ1v) is 16.1. The van der Waals surface area contributed by atoms with Crippen LogP contribution in [0.5, 0.6) is 0 Å². The molecule has 1 amide bonds. The van der Waals surface area contributed by atoms with Gasteiger partial charge in [0.05, 0.1) is 5.92 Å². The standard InChI is InChI=1S/C34H42ClF2N5O2/c1-21-15-29(34(2,3)33-38-20-39-40(33)4)26(17-30(21)35)22-7-11-41(12-8-22)32(43)28-19-42(24-9-13-44-14-10-24)18-27(28)25-6-5-23(36)16-31(25)37/h5-6,15-17,20,22,24,27-28H,7-14,18-19H2,1-4H3/t27-,28?/m0/s1. The number of aryl methyl sites for hydroxylation is 2. The summed E-state index contributed by atoms with van der Waals surface area (Å²) in [5, 5.41) is 5.05. The number of amides is 1. The maximum absolute atomic E-state index is 15.1. The second kappa shape index (κ2) is 12.5. The molecule has 0 radical (unpaired) electrons. The van der Waals surface area contributed by atoms with Crippen molar-refractivity contribution in [2.24, 2.45) is 13.0 Å². The Morgan fingerprint density at radius 3 is 2.41 bits per heavy atom. The van der Waals surface area contributed by atoms with E-state index in [0.29, 0.717) is 51.0 Å². The average Bonchev–Trinajstić information content (AvgIpc) is 3.66. The van der Waals surface area contributed by atoms with E-state index in [0.717, 1.165) is 48.2 Å². The Morgan fingerprint density at radius 1 is 1.02 bits per heavy atom. The number of carbonyl (C=O) groups is 1. The molecule has 2 atom stereocenters. The number of ether oxygens (including phenoxy) is 1. The van der Waals surface area contributed by atoms with Crippen molar-refractivity contribution in [3.63, 3.8) is 0 Å². The molecule has 236 valence electrons. The lowest BCUT2D eigenvalue weighted by atomic mass is 9.75.